The van der Waals surface area contributed by atoms with Crippen molar-refractivity contribution < 1.29 is 14.3 Å². The summed E-state index contributed by atoms with van der Waals surface area (Å²) < 4.78 is 13.2. The molecular weight excluding hydrogens is 255 g/mol. The van der Waals surface area contributed by atoms with E-state index in [0.29, 0.717) is 16.1 Å². The van der Waals surface area contributed by atoms with Gasteiger partial charge in [0.2, 0.25) is 0 Å². The Morgan fingerprint density at radius 2 is 1.94 bits per heavy atom. The van der Waals surface area contributed by atoms with E-state index in [2.05, 4.69) is 0 Å². The third kappa shape index (κ3) is 2.51. The molecule has 0 saturated carbocycles. The molecule has 0 spiro atoms. The van der Waals surface area contributed by atoms with Crippen LogP contribution in [0.1, 0.15) is 15.9 Å². The zero-order chi connectivity index (χ0) is 13.3. The Hall–Kier alpha value is -1.87. The van der Waals surface area contributed by atoms with Crippen LogP contribution in [-0.4, -0.2) is 11.1 Å². The summed E-state index contributed by atoms with van der Waals surface area (Å²) >= 11 is 5.88. The van der Waals surface area contributed by atoms with Gasteiger partial charge >= 0.3 is 5.97 Å². The van der Waals surface area contributed by atoms with Crippen molar-refractivity contribution in [1.82, 2.24) is 0 Å². The second-order valence-corrected chi connectivity index (χ2v) is 4.43. The van der Waals surface area contributed by atoms with E-state index in [4.69, 9.17) is 16.7 Å². The number of hydrogen-bond acceptors (Lipinski definition) is 1. The topological polar surface area (TPSA) is 37.3 Å². The smallest absolute Gasteiger partial charge is 0.335 e. The van der Waals surface area contributed by atoms with Gasteiger partial charge in [0.15, 0.2) is 0 Å². The Morgan fingerprint density at radius 1 is 1.22 bits per heavy atom. The lowest BCUT2D eigenvalue weighted by atomic mass is 9.99. The van der Waals surface area contributed by atoms with Gasteiger partial charge in [-0.2, -0.15) is 0 Å². The van der Waals surface area contributed by atoms with Crippen LogP contribution in [0.2, 0.25) is 5.02 Å². The first-order chi connectivity index (χ1) is 8.47. The molecule has 0 atom stereocenters. The van der Waals surface area contributed by atoms with Gasteiger partial charge in [-0.05, 0) is 53.9 Å². The molecule has 0 aliphatic carbocycles. The highest BCUT2D eigenvalue weighted by Crippen LogP contribution is 2.28. The molecule has 1 N–H and O–H groups in total. The fourth-order valence-electron chi connectivity index (χ4n) is 1.77. The van der Waals surface area contributed by atoms with Crippen LogP contribution in [0.3, 0.4) is 0 Å². The average Bonchev–Trinajstić information content (AvgIpc) is 2.31. The number of aromatic carboxylic acids is 1. The lowest BCUT2D eigenvalue weighted by molar-refractivity contribution is 0.0697. The molecule has 2 aromatic carbocycles. The molecule has 0 aliphatic rings. The molecule has 0 fully saturated rings. The number of carboxylic acid groups (broad SMARTS) is 1. The van der Waals surface area contributed by atoms with Crippen LogP contribution in [0.15, 0.2) is 36.4 Å². The van der Waals surface area contributed by atoms with Gasteiger partial charge in [0, 0.05) is 5.02 Å². The zero-order valence-corrected chi connectivity index (χ0v) is 10.3. The third-order valence-corrected chi connectivity index (χ3v) is 2.87. The average molecular weight is 265 g/mol. The molecule has 0 aromatic heterocycles. The molecule has 0 bridgehead atoms. The highest BCUT2D eigenvalue weighted by Gasteiger charge is 2.10. The molecule has 0 radical (unpaired) electrons. The predicted octanol–water partition coefficient (Wildman–Crippen LogP) is 4.15. The first kappa shape index (κ1) is 12.6. The van der Waals surface area contributed by atoms with Crippen molar-refractivity contribution in [1.29, 1.82) is 0 Å². The van der Waals surface area contributed by atoms with E-state index in [1.54, 1.807) is 12.1 Å². The largest absolute Gasteiger partial charge is 0.478 e. The molecular formula is C14H10ClFO2. The standard InChI is InChI=1S/C14H10ClFO2/c1-8-2-3-12(16)7-13(8)9-4-10(14(17)18)6-11(15)5-9/h2-7H,1H3,(H,17,18). The SMILES string of the molecule is Cc1ccc(F)cc1-c1cc(Cl)cc(C(=O)O)c1. The Bertz CT molecular complexity index is 623. The summed E-state index contributed by atoms with van der Waals surface area (Å²) in [6.45, 7) is 1.83. The minimum absolute atomic E-state index is 0.0844. The molecule has 0 aliphatic heterocycles. The summed E-state index contributed by atoms with van der Waals surface area (Å²) in [6.07, 6.45) is 0. The first-order valence-corrected chi connectivity index (χ1v) is 5.65. The van der Waals surface area contributed by atoms with Crippen molar-refractivity contribution in [3.05, 3.63) is 58.4 Å². The lowest BCUT2D eigenvalue weighted by Crippen LogP contribution is -1.97. The van der Waals surface area contributed by atoms with E-state index < -0.39 is 5.97 Å². The molecule has 0 amide bonds. The van der Waals surface area contributed by atoms with Gasteiger partial charge in [0.1, 0.15) is 5.82 Å². The van der Waals surface area contributed by atoms with Gasteiger partial charge in [-0.25, -0.2) is 9.18 Å². The van der Waals surface area contributed by atoms with Crippen LogP contribution in [-0.2, 0) is 0 Å². The van der Waals surface area contributed by atoms with Gasteiger partial charge in [0.05, 0.1) is 5.56 Å². The fourth-order valence-corrected chi connectivity index (χ4v) is 2.01. The first-order valence-electron chi connectivity index (χ1n) is 5.28. The summed E-state index contributed by atoms with van der Waals surface area (Å²) in [5.74, 6) is -1.43. The maximum Gasteiger partial charge on any atom is 0.335 e. The minimum Gasteiger partial charge on any atom is -0.478 e. The van der Waals surface area contributed by atoms with Crippen molar-refractivity contribution in [3.8, 4) is 11.1 Å². The molecule has 2 nitrogen and oxygen atoms in total. The van der Waals surface area contributed by atoms with E-state index >= 15 is 0 Å². The highest BCUT2D eigenvalue weighted by molar-refractivity contribution is 6.31. The number of rotatable bonds is 2. The molecule has 2 aromatic rings. The molecule has 2 rings (SSSR count). The number of carbonyl (C=O) groups is 1. The van der Waals surface area contributed by atoms with Crippen LogP contribution in [0, 0.1) is 12.7 Å². The normalized spacial score (nSPS) is 10.4. The van der Waals surface area contributed by atoms with Crippen LogP contribution in [0.4, 0.5) is 4.39 Å². The number of aryl methyl sites for hydroxylation is 1. The summed E-state index contributed by atoms with van der Waals surface area (Å²) in [7, 11) is 0. The number of halogens is 2. The van der Waals surface area contributed by atoms with E-state index in [-0.39, 0.29) is 11.4 Å². The third-order valence-electron chi connectivity index (χ3n) is 2.66. The van der Waals surface area contributed by atoms with Gasteiger partial charge in [-0.15, -0.1) is 0 Å². The Labute approximate surface area is 109 Å². The second-order valence-electron chi connectivity index (χ2n) is 3.99. The fraction of sp³-hybridized carbons (Fsp3) is 0.0714. The summed E-state index contributed by atoms with van der Waals surface area (Å²) in [5, 5.41) is 9.29. The quantitative estimate of drug-likeness (QED) is 0.885. The summed E-state index contributed by atoms with van der Waals surface area (Å²) in [5.41, 5.74) is 2.17. The maximum absolute atomic E-state index is 13.2. The Kier molecular flexibility index (Phi) is 3.34. The number of hydrogen-bond donors (Lipinski definition) is 1. The van der Waals surface area contributed by atoms with Crippen LogP contribution >= 0.6 is 11.6 Å². The summed E-state index contributed by atoms with van der Waals surface area (Å²) in [6, 6.07) is 8.84. The molecule has 0 unspecified atom stereocenters. The van der Waals surface area contributed by atoms with Crippen molar-refractivity contribution in [2.75, 3.05) is 0 Å². The van der Waals surface area contributed by atoms with Crippen molar-refractivity contribution >= 4 is 17.6 Å². The van der Waals surface area contributed by atoms with Crippen LogP contribution < -0.4 is 0 Å². The highest BCUT2D eigenvalue weighted by atomic mass is 35.5. The van der Waals surface area contributed by atoms with Gasteiger partial charge in [-0.3, -0.25) is 0 Å². The van der Waals surface area contributed by atoms with Crippen LogP contribution in [0.25, 0.3) is 11.1 Å². The summed E-state index contributed by atoms with van der Waals surface area (Å²) in [4.78, 5) is 11.0. The molecule has 92 valence electrons. The molecule has 4 heteroatoms. The maximum atomic E-state index is 13.2. The van der Waals surface area contributed by atoms with Crippen molar-refractivity contribution in [2.24, 2.45) is 0 Å². The van der Waals surface area contributed by atoms with E-state index in [1.807, 2.05) is 6.92 Å². The number of benzene rings is 2. The molecule has 0 saturated heterocycles. The Morgan fingerprint density at radius 3 is 2.61 bits per heavy atom. The van der Waals surface area contributed by atoms with Gasteiger partial charge < -0.3 is 5.11 Å². The monoisotopic (exact) mass is 264 g/mol. The predicted molar refractivity (Wildman–Crippen MR) is 68.5 cm³/mol. The van der Waals surface area contributed by atoms with Gasteiger partial charge in [-0.1, -0.05) is 17.7 Å². The van der Waals surface area contributed by atoms with E-state index in [9.17, 15) is 9.18 Å². The minimum atomic E-state index is -1.06. The lowest BCUT2D eigenvalue weighted by Gasteiger charge is -2.08. The number of carboxylic acids is 1. The Balaban J connectivity index is 2.63. The van der Waals surface area contributed by atoms with Crippen molar-refractivity contribution in [3.63, 3.8) is 0 Å². The van der Waals surface area contributed by atoms with Gasteiger partial charge in [0.25, 0.3) is 0 Å². The molecule has 0 heterocycles. The zero-order valence-electron chi connectivity index (χ0n) is 9.58. The van der Waals surface area contributed by atoms with E-state index in [1.165, 1.54) is 24.3 Å². The second kappa shape index (κ2) is 4.78. The van der Waals surface area contributed by atoms with E-state index in [0.717, 1.165) is 5.56 Å². The van der Waals surface area contributed by atoms with Crippen molar-refractivity contribution in [2.45, 2.75) is 6.92 Å². The molecule has 18 heavy (non-hydrogen) atoms. The van der Waals surface area contributed by atoms with Crippen LogP contribution in [0.5, 0.6) is 0 Å².